The fourth-order valence-electron chi connectivity index (χ4n) is 1.30. The minimum absolute atomic E-state index is 0.0778. The maximum Gasteiger partial charge on any atom is 0.411 e. The highest BCUT2D eigenvalue weighted by Gasteiger charge is 2.27. The van der Waals surface area contributed by atoms with E-state index in [1.54, 1.807) is 0 Å². The fourth-order valence-corrected chi connectivity index (χ4v) is 1.30. The molecule has 0 aliphatic carbocycles. The number of carbonyl (C=O) groups is 1. The van der Waals surface area contributed by atoms with Gasteiger partial charge >= 0.3 is 6.18 Å². The first-order chi connectivity index (χ1) is 9.81. The van der Waals surface area contributed by atoms with Crippen molar-refractivity contribution >= 4 is 11.6 Å². The summed E-state index contributed by atoms with van der Waals surface area (Å²) in [6.07, 6.45) is -4.50. The summed E-state index contributed by atoms with van der Waals surface area (Å²) in [7, 11) is 0. The maximum atomic E-state index is 13.6. The van der Waals surface area contributed by atoms with Crippen LogP contribution in [-0.4, -0.2) is 31.8 Å². The fraction of sp³-hybridized carbons (Fsp3) is 0.308. The van der Waals surface area contributed by atoms with Crippen molar-refractivity contribution in [3.63, 3.8) is 0 Å². The molecule has 3 N–H and O–H groups in total. The Kier molecular flexibility index (Phi) is 6.14. The third kappa shape index (κ3) is 6.74. The number of nitrogens with one attached hydrogen (secondary N) is 1. The van der Waals surface area contributed by atoms with Crippen LogP contribution in [-0.2, 0) is 9.53 Å². The monoisotopic (exact) mass is 304 g/mol. The van der Waals surface area contributed by atoms with Crippen LogP contribution in [0.1, 0.15) is 5.56 Å². The van der Waals surface area contributed by atoms with E-state index in [2.05, 4.69) is 21.9 Å². The van der Waals surface area contributed by atoms with Gasteiger partial charge in [0, 0.05) is 5.69 Å². The van der Waals surface area contributed by atoms with Crippen molar-refractivity contribution in [2.45, 2.75) is 6.18 Å². The zero-order valence-electron chi connectivity index (χ0n) is 10.8. The lowest BCUT2D eigenvalue weighted by Crippen LogP contribution is -2.24. The Balaban J connectivity index is 2.55. The number of amides is 1. The number of rotatable bonds is 4. The number of carbonyl (C=O) groups excluding carboxylic acids is 1. The average molecular weight is 304 g/mol. The van der Waals surface area contributed by atoms with Crippen LogP contribution in [0.25, 0.3) is 0 Å². The molecule has 1 aromatic rings. The van der Waals surface area contributed by atoms with Crippen molar-refractivity contribution in [3.05, 3.63) is 29.6 Å². The van der Waals surface area contributed by atoms with Crippen molar-refractivity contribution in [1.82, 2.24) is 0 Å². The molecule has 0 aliphatic heterocycles. The first-order valence-corrected chi connectivity index (χ1v) is 5.74. The minimum Gasteiger partial charge on any atom is -0.362 e. The third-order valence-electron chi connectivity index (χ3n) is 2.08. The van der Waals surface area contributed by atoms with Gasteiger partial charge in [0.1, 0.15) is 19.0 Å². The smallest absolute Gasteiger partial charge is 0.362 e. The number of ether oxygens (including phenoxy) is 1. The molecule has 8 heteroatoms. The lowest BCUT2D eigenvalue weighted by atomic mass is 10.2. The lowest BCUT2D eigenvalue weighted by molar-refractivity contribution is -0.174. The molecule has 0 unspecified atom stereocenters. The molecular formula is C13H12F4N2O2. The maximum absolute atomic E-state index is 13.6. The molecule has 0 atom stereocenters. The van der Waals surface area contributed by atoms with Crippen LogP contribution >= 0.6 is 0 Å². The molecule has 114 valence electrons. The second-order valence-electron chi connectivity index (χ2n) is 3.86. The zero-order valence-corrected chi connectivity index (χ0v) is 10.8. The van der Waals surface area contributed by atoms with Crippen molar-refractivity contribution in [2.75, 3.05) is 25.1 Å². The summed E-state index contributed by atoms with van der Waals surface area (Å²) in [5.41, 5.74) is 5.35. The van der Waals surface area contributed by atoms with Gasteiger partial charge < -0.3 is 15.8 Å². The van der Waals surface area contributed by atoms with Crippen LogP contribution in [0.5, 0.6) is 0 Å². The van der Waals surface area contributed by atoms with Crippen LogP contribution in [0.15, 0.2) is 18.2 Å². The predicted octanol–water partition coefficient (Wildman–Crippen LogP) is 1.65. The quantitative estimate of drug-likeness (QED) is 0.657. The summed E-state index contributed by atoms with van der Waals surface area (Å²) >= 11 is 0. The molecule has 21 heavy (non-hydrogen) atoms. The van der Waals surface area contributed by atoms with E-state index in [1.165, 1.54) is 12.1 Å². The van der Waals surface area contributed by atoms with Crippen LogP contribution in [0.2, 0.25) is 0 Å². The predicted molar refractivity (Wildman–Crippen MR) is 67.8 cm³/mol. The van der Waals surface area contributed by atoms with Crippen molar-refractivity contribution in [1.29, 1.82) is 0 Å². The largest absolute Gasteiger partial charge is 0.411 e. The summed E-state index contributed by atoms with van der Waals surface area (Å²) in [5, 5.41) is 2.21. The molecule has 0 heterocycles. The van der Waals surface area contributed by atoms with Crippen molar-refractivity contribution in [2.24, 2.45) is 5.73 Å². The summed E-state index contributed by atoms with van der Waals surface area (Å²) in [4.78, 5) is 11.3. The van der Waals surface area contributed by atoms with Crippen LogP contribution < -0.4 is 11.1 Å². The number of halogens is 4. The number of hydrogen-bond acceptors (Lipinski definition) is 3. The molecule has 1 aromatic carbocycles. The van der Waals surface area contributed by atoms with Crippen molar-refractivity contribution in [3.8, 4) is 11.8 Å². The van der Waals surface area contributed by atoms with Gasteiger partial charge in [-0.1, -0.05) is 11.8 Å². The highest BCUT2D eigenvalue weighted by atomic mass is 19.4. The molecular weight excluding hydrogens is 292 g/mol. The number of nitrogens with two attached hydrogens (primary N) is 1. The number of alkyl halides is 3. The number of anilines is 1. The van der Waals surface area contributed by atoms with Gasteiger partial charge in [-0.2, -0.15) is 13.2 Å². The highest BCUT2D eigenvalue weighted by molar-refractivity contribution is 5.91. The van der Waals surface area contributed by atoms with Gasteiger partial charge in [-0.3, -0.25) is 4.79 Å². The molecule has 4 nitrogen and oxygen atoms in total. The minimum atomic E-state index is -4.50. The molecule has 0 saturated heterocycles. The Morgan fingerprint density at radius 2 is 2.10 bits per heavy atom. The van der Waals surface area contributed by atoms with E-state index in [9.17, 15) is 22.4 Å². The van der Waals surface area contributed by atoms with E-state index in [-0.39, 0.29) is 17.8 Å². The topological polar surface area (TPSA) is 64.3 Å². The SMILES string of the molecule is NCC#Cc1ccc(NC(=O)COCC(F)(F)F)cc1F. The average Bonchev–Trinajstić information content (AvgIpc) is 2.36. The molecule has 0 saturated carbocycles. The van der Waals surface area contributed by atoms with Gasteiger partial charge in [-0.05, 0) is 18.2 Å². The van der Waals surface area contributed by atoms with Gasteiger partial charge in [-0.25, -0.2) is 4.39 Å². The molecule has 0 fully saturated rings. The molecule has 0 spiro atoms. The van der Waals surface area contributed by atoms with Crippen molar-refractivity contribution < 1.29 is 27.1 Å². The normalized spacial score (nSPS) is 10.7. The summed E-state index contributed by atoms with van der Waals surface area (Å²) in [6, 6.07) is 3.69. The molecule has 0 aliphatic rings. The van der Waals surface area contributed by atoms with E-state index >= 15 is 0 Å². The number of hydrogen-bond donors (Lipinski definition) is 2. The van der Waals surface area contributed by atoms with E-state index in [1.807, 2.05) is 0 Å². The Morgan fingerprint density at radius 3 is 2.67 bits per heavy atom. The standard InChI is InChI=1S/C13H12F4N2O2/c14-11-6-10(4-3-9(11)2-1-5-18)19-12(20)7-21-8-13(15,16)17/h3-4,6H,5,7-8,18H2,(H,19,20). The second kappa shape index (κ2) is 7.61. The Hall–Kier alpha value is -2.11. The first kappa shape index (κ1) is 16.9. The van der Waals surface area contributed by atoms with Gasteiger partial charge in [0.05, 0.1) is 12.1 Å². The van der Waals surface area contributed by atoms with Crippen LogP contribution in [0.3, 0.4) is 0 Å². The second-order valence-corrected chi connectivity index (χ2v) is 3.86. The molecule has 0 bridgehead atoms. The Labute approximate surface area is 118 Å². The zero-order chi connectivity index (χ0) is 15.9. The summed E-state index contributed by atoms with van der Waals surface area (Å²) in [5.74, 6) is 3.47. The highest BCUT2D eigenvalue weighted by Crippen LogP contribution is 2.15. The molecule has 0 radical (unpaired) electrons. The van der Waals surface area contributed by atoms with E-state index in [0.29, 0.717) is 0 Å². The Morgan fingerprint density at radius 1 is 1.38 bits per heavy atom. The Bertz CT molecular complexity index is 562. The van der Waals surface area contributed by atoms with Crippen LogP contribution in [0, 0.1) is 17.7 Å². The molecule has 1 rings (SSSR count). The van der Waals surface area contributed by atoms with E-state index in [4.69, 9.17) is 5.73 Å². The van der Waals surface area contributed by atoms with Crippen LogP contribution in [0.4, 0.5) is 23.2 Å². The third-order valence-corrected chi connectivity index (χ3v) is 2.08. The van der Waals surface area contributed by atoms with Gasteiger partial charge in [0.25, 0.3) is 0 Å². The van der Waals surface area contributed by atoms with Gasteiger partial charge in [0.2, 0.25) is 5.91 Å². The first-order valence-electron chi connectivity index (χ1n) is 5.74. The van der Waals surface area contributed by atoms with Gasteiger partial charge in [0.15, 0.2) is 0 Å². The lowest BCUT2D eigenvalue weighted by Gasteiger charge is -2.08. The van der Waals surface area contributed by atoms with E-state index in [0.717, 1.165) is 6.07 Å². The number of benzene rings is 1. The molecule has 0 aromatic heterocycles. The summed E-state index contributed by atoms with van der Waals surface area (Å²) < 4.78 is 53.1. The van der Waals surface area contributed by atoms with E-state index < -0.39 is 31.1 Å². The van der Waals surface area contributed by atoms with Gasteiger partial charge in [-0.15, -0.1) is 0 Å². The summed E-state index contributed by atoms with van der Waals surface area (Å²) in [6.45, 7) is -2.23. The molecule has 1 amide bonds.